The number of rotatable bonds is 4. The van der Waals surface area contributed by atoms with Crippen LogP contribution in [0.1, 0.15) is 6.92 Å². The van der Waals surface area contributed by atoms with Gasteiger partial charge >= 0.3 is 5.69 Å². The molecule has 0 N–H and O–H groups in total. The van der Waals surface area contributed by atoms with Gasteiger partial charge in [0.1, 0.15) is 6.20 Å². The Morgan fingerprint density at radius 2 is 2.10 bits per heavy atom. The van der Waals surface area contributed by atoms with Crippen LogP contribution < -0.4 is 0 Å². The van der Waals surface area contributed by atoms with E-state index in [1.54, 1.807) is 0 Å². The van der Waals surface area contributed by atoms with Gasteiger partial charge in [-0.05, 0) is 6.92 Å². The number of nitrogens with zero attached hydrogens (tertiary/aromatic N) is 5. The van der Waals surface area contributed by atoms with E-state index in [4.69, 9.17) is 4.52 Å². The van der Waals surface area contributed by atoms with Crippen molar-refractivity contribution < 1.29 is 9.45 Å². The van der Waals surface area contributed by atoms with Crippen molar-refractivity contribution in [3.8, 4) is 23.0 Å². The van der Waals surface area contributed by atoms with Gasteiger partial charge < -0.3 is 4.52 Å². The van der Waals surface area contributed by atoms with Gasteiger partial charge in [-0.15, -0.1) is 0 Å². The van der Waals surface area contributed by atoms with Crippen molar-refractivity contribution in [1.82, 2.24) is 19.9 Å². The topological polar surface area (TPSA) is 99.9 Å². The predicted molar refractivity (Wildman–Crippen MR) is 73.3 cm³/mol. The van der Waals surface area contributed by atoms with E-state index < -0.39 is 4.92 Å². The van der Waals surface area contributed by atoms with Crippen molar-refractivity contribution in [1.29, 1.82) is 0 Å². The summed E-state index contributed by atoms with van der Waals surface area (Å²) < 4.78 is 6.57. The third-order valence-corrected chi connectivity index (χ3v) is 2.92. The number of benzene rings is 1. The van der Waals surface area contributed by atoms with Crippen LogP contribution >= 0.6 is 0 Å². The molecule has 0 spiro atoms. The molecule has 0 aliphatic carbocycles. The standard InChI is InChI=1S/C13H11N5O3/c1-2-17-8-10(18(19)20)11(15-17)13-14-12(16-21-13)9-6-4-3-5-7-9/h3-8H,2H2,1H3. The van der Waals surface area contributed by atoms with Gasteiger partial charge in [0, 0.05) is 12.1 Å². The molecule has 106 valence electrons. The molecule has 0 aliphatic heterocycles. The molecule has 1 aromatic carbocycles. The third kappa shape index (κ3) is 2.38. The molecule has 3 rings (SSSR count). The molecule has 8 heteroatoms. The van der Waals surface area contributed by atoms with Gasteiger partial charge in [0.05, 0.1) is 4.92 Å². The second kappa shape index (κ2) is 5.16. The van der Waals surface area contributed by atoms with Gasteiger partial charge in [0.2, 0.25) is 11.5 Å². The Labute approximate surface area is 119 Å². The molecular formula is C13H11N5O3. The van der Waals surface area contributed by atoms with Crippen molar-refractivity contribution in [2.75, 3.05) is 0 Å². The summed E-state index contributed by atoms with van der Waals surface area (Å²) in [6, 6.07) is 9.22. The van der Waals surface area contributed by atoms with Crippen LogP contribution in [0.2, 0.25) is 0 Å². The molecule has 0 amide bonds. The summed E-state index contributed by atoms with van der Waals surface area (Å²) in [5.74, 6) is 0.402. The maximum Gasteiger partial charge on any atom is 0.320 e. The summed E-state index contributed by atoms with van der Waals surface area (Å²) in [6.45, 7) is 2.35. The molecule has 0 radical (unpaired) electrons. The third-order valence-electron chi connectivity index (χ3n) is 2.92. The first-order valence-electron chi connectivity index (χ1n) is 6.30. The minimum absolute atomic E-state index is 0.0350. The fourth-order valence-electron chi connectivity index (χ4n) is 1.88. The molecule has 0 bridgehead atoms. The lowest BCUT2D eigenvalue weighted by Crippen LogP contribution is -1.93. The monoisotopic (exact) mass is 285 g/mol. The highest BCUT2D eigenvalue weighted by Crippen LogP contribution is 2.28. The van der Waals surface area contributed by atoms with Crippen molar-refractivity contribution in [3.05, 3.63) is 46.6 Å². The highest BCUT2D eigenvalue weighted by molar-refractivity contribution is 5.63. The van der Waals surface area contributed by atoms with Crippen molar-refractivity contribution >= 4 is 5.69 Å². The number of hydrogen-bond donors (Lipinski definition) is 0. The maximum atomic E-state index is 11.1. The lowest BCUT2D eigenvalue weighted by atomic mass is 10.2. The van der Waals surface area contributed by atoms with Crippen LogP contribution in [0.15, 0.2) is 41.1 Å². The van der Waals surface area contributed by atoms with Gasteiger partial charge in [0.15, 0.2) is 0 Å². The van der Waals surface area contributed by atoms with Gasteiger partial charge in [-0.2, -0.15) is 10.1 Å². The average molecular weight is 285 g/mol. The van der Waals surface area contributed by atoms with Crippen LogP contribution in [0.25, 0.3) is 23.0 Å². The smallest absolute Gasteiger partial charge is 0.320 e. The van der Waals surface area contributed by atoms with E-state index in [0.29, 0.717) is 12.4 Å². The summed E-state index contributed by atoms with van der Waals surface area (Å²) in [6.07, 6.45) is 1.35. The van der Waals surface area contributed by atoms with E-state index in [0.717, 1.165) is 5.56 Å². The van der Waals surface area contributed by atoms with Crippen LogP contribution in [-0.4, -0.2) is 24.8 Å². The lowest BCUT2D eigenvalue weighted by Gasteiger charge is -1.90. The fourth-order valence-corrected chi connectivity index (χ4v) is 1.88. The molecule has 0 saturated carbocycles. The molecule has 2 heterocycles. The molecule has 2 aromatic heterocycles. The SMILES string of the molecule is CCn1cc([N+](=O)[O-])c(-c2nc(-c3ccccc3)no2)n1. The molecule has 21 heavy (non-hydrogen) atoms. The van der Waals surface area contributed by atoms with Crippen LogP contribution in [0, 0.1) is 10.1 Å². The summed E-state index contributed by atoms with van der Waals surface area (Å²) in [5, 5.41) is 19.0. The summed E-state index contributed by atoms with van der Waals surface area (Å²) >= 11 is 0. The molecule has 0 saturated heterocycles. The second-order valence-electron chi connectivity index (χ2n) is 4.26. The van der Waals surface area contributed by atoms with E-state index in [1.807, 2.05) is 37.3 Å². The van der Waals surface area contributed by atoms with Crippen LogP contribution in [0.3, 0.4) is 0 Å². The molecule has 8 nitrogen and oxygen atoms in total. The Balaban J connectivity index is 2.04. The minimum Gasteiger partial charge on any atom is -0.332 e. The van der Waals surface area contributed by atoms with Crippen LogP contribution in [-0.2, 0) is 6.54 Å². The zero-order valence-electron chi connectivity index (χ0n) is 11.1. The predicted octanol–water partition coefficient (Wildman–Crippen LogP) is 2.53. The average Bonchev–Trinajstić information content (AvgIpc) is 3.14. The summed E-state index contributed by atoms with van der Waals surface area (Å²) in [7, 11) is 0. The van der Waals surface area contributed by atoms with E-state index in [-0.39, 0.29) is 17.3 Å². The zero-order chi connectivity index (χ0) is 14.8. The Morgan fingerprint density at radius 1 is 1.33 bits per heavy atom. The molecule has 0 aliphatic rings. The number of aromatic nitrogens is 4. The van der Waals surface area contributed by atoms with Gasteiger partial charge in [0.25, 0.3) is 5.89 Å². The van der Waals surface area contributed by atoms with Crippen LogP contribution in [0.5, 0.6) is 0 Å². The summed E-state index contributed by atoms with van der Waals surface area (Å²) in [5.41, 5.74) is 0.696. The van der Waals surface area contributed by atoms with Crippen LogP contribution in [0.4, 0.5) is 5.69 Å². The Kier molecular flexibility index (Phi) is 3.19. The first kappa shape index (κ1) is 13.0. The van der Waals surface area contributed by atoms with Gasteiger partial charge in [-0.1, -0.05) is 35.5 Å². The Morgan fingerprint density at radius 3 is 2.76 bits per heavy atom. The Bertz CT molecular complexity index is 778. The quantitative estimate of drug-likeness (QED) is 0.539. The maximum absolute atomic E-state index is 11.1. The van der Waals surface area contributed by atoms with Crippen molar-refractivity contribution in [2.24, 2.45) is 0 Å². The normalized spacial score (nSPS) is 10.7. The fraction of sp³-hybridized carbons (Fsp3) is 0.154. The van der Waals surface area contributed by atoms with Crippen molar-refractivity contribution in [3.63, 3.8) is 0 Å². The molecular weight excluding hydrogens is 274 g/mol. The lowest BCUT2D eigenvalue weighted by molar-refractivity contribution is -0.384. The molecule has 0 atom stereocenters. The number of aryl methyl sites for hydroxylation is 1. The van der Waals surface area contributed by atoms with E-state index in [2.05, 4.69) is 15.2 Å². The molecule has 0 fully saturated rings. The number of hydrogen-bond acceptors (Lipinski definition) is 6. The van der Waals surface area contributed by atoms with Gasteiger partial charge in [-0.3, -0.25) is 14.8 Å². The first-order chi connectivity index (χ1) is 10.2. The highest BCUT2D eigenvalue weighted by atomic mass is 16.6. The Hall–Kier alpha value is -3.03. The van der Waals surface area contributed by atoms with Gasteiger partial charge in [-0.25, -0.2) is 0 Å². The first-order valence-corrected chi connectivity index (χ1v) is 6.30. The number of nitro groups is 1. The highest BCUT2D eigenvalue weighted by Gasteiger charge is 2.25. The zero-order valence-corrected chi connectivity index (χ0v) is 11.1. The van der Waals surface area contributed by atoms with E-state index in [1.165, 1.54) is 10.9 Å². The minimum atomic E-state index is -0.513. The largest absolute Gasteiger partial charge is 0.332 e. The molecule has 0 unspecified atom stereocenters. The molecule has 3 aromatic rings. The summed E-state index contributed by atoms with van der Waals surface area (Å²) in [4.78, 5) is 14.7. The van der Waals surface area contributed by atoms with E-state index in [9.17, 15) is 10.1 Å². The van der Waals surface area contributed by atoms with Crippen molar-refractivity contribution in [2.45, 2.75) is 13.5 Å². The van der Waals surface area contributed by atoms with E-state index >= 15 is 0 Å². The second-order valence-corrected chi connectivity index (χ2v) is 4.26.